The van der Waals surface area contributed by atoms with Gasteiger partial charge in [0.15, 0.2) is 0 Å². The summed E-state index contributed by atoms with van der Waals surface area (Å²) in [5.74, 6) is 0. The van der Waals surface area contributed by atoms with Crippen LogP contribution < -0.4 is 5.32 Å². The summed E-state index contributed by atoms with van der Waals surface area (Å²) in [6.07, 6.45) is 0. The molecule has 0 spiro atoms. The number of thiophene rings is 1. The van der Waals surface area contributed by atoms with Crippen molar-refractivity contribution in [3.63, 3.8) is 0 Å². The van der Waals surface area contributed by atoms with Crippen LogP contribution in [-0.4, -0.2) is 6.54 Å². The molecule has 1 aromatic heterocycles. The van der Waals surface area contributed by atoms with Crippen molar-refractivity contribution in [2.24, 2.45) is 0 Å². The van der Waals surface area contributed by atoms with E-state index in [-0.39, 0.29) is 6.04 Å². The summed E-state index contributed by atoms with van der Waals surface area (Å²) in [6.45, 7) is 2.92. The summed E-state index contributed by atoms with van der Waals surface area (Å²) < 4.78 is 1.95. The van der Waals surface area contributed by atoms with Crippen LogP contribution in [0.5, 0.6) is 0 Å². The molecule has 0 aliphatic rings. The third kappa shape index (κ3) is 3.74. The van der Waals surface area contributed by atoms with E-state index in [9.17, 15) is 0 Å². The van der Waals surface area contributed by atoms with Crippen LogP contribution in [-0.2, 0) is 0 Å². The number of halogens is 4. The molecule has 0 bridgehead atoms. The summed E-state index contributed by atoms with van der Waals surface area (Å²) in [5.41, 5.74) is 1.04. The normalized spacial score (nSPS) is 12.7. The van der Waals surface area contributed by atoms with Gasteiger partial charge >= 0.3 is 0 Å². The van der Waals surface area contributed by atoms with Crippen LogP contribution in [0.25, 0.3) is 0 Å². The summed E-state index contributed by atoms with van der Waals surface area (Å²) in [7, 11) is 0. The third-order valence-electron chi connectivity index (χ3n) is 2.63. The van der Waals surface area contributed by atoms with Gasteiger partial charge in [-0.3, -0.25) is 0 Å². The Kier molecular flexibility index (Phi) is 5.76. The number of nitrogens with one attached hydrogen (secondary N) is 1. The molecule has 2 rings (SSSR count). The molecule has 1 nitrogen and oxygen atoms in total. The minimum Gasteiger partial charge on any atom is -0.306 e. The Bertz CT molecular complexity index is 567. The van der Waals surface area contributed by atoms with Crippen molar-refractivity contribution in [1.82, 2.24) is 5.32 Å². The molecule has 0 saturated heterocycles. The molecular formula is C13H11Br2Cl2NS. The number of hydrogen-bond donors (Lipinski definition) is 1. The predicted molar refractivity (Wildman–Crippen MR) is 91.7 cm³/mol. The van der Waals surface area contributed by atoms with E-state index in [2.05, 4.69) is 44.1 Å². The Labute approximate surface area is 143 Å². The van der Waals surface area contributed by atoms with Gasteiger partial charge in [-0.15, -0.1) is 11.3 Å². The standard InChI is InChI=1S/C13H11Br2Cl2NS/c1-2-18-12(11-6-10(17)13(15)19-11)8-5-7(14)3-4-9(8)16/h3-6,12,18H,2H2,1H3. The SMILES string of the molecule is CCNC(c1cc(Cl)c(Br)s1)c1cc(Br)ccc1Cl. The maximum absolute atomic E-state index is 6.32. The van der Waals surface area contributed by atoms with Gasteiger partial charge in [-0.1, -0.05) is 46.1 Å². The van der Waals surface area contributed by atoms with Gasteiger partial charge in [0, 0.05) is 14.4 Å². The lowest BCUT2D eigenvalue weighted by Gasteiger charge is -2.18. The maximum Gasteiger partial charge on any atom is 0.0888 e. The lowest BCUT2D eigenvalue weighted by molar-refractivity contribution is 0.639. The zero-order valence-electron chi connectivity index (χ0n) is 10.0. The van der Waals surface area contributed by atoms with Crippen LogP contribution in [0.3, 0.4) is 0 Å². The van der Waals surface area contributed by atoms with Crippen molar-refractivity contribution in [2.45, 2.75) is 13.0 Å². The smallest absolute Gasteiger partial charge is 0.0888 e. The lowest BCUT2D eigenvalue weighted by atomic mass is 10.1. The molecule has 1 N–H and O–H groups in total. The molecule has 0 saturated carbocycles. The van der Waals surface area contributed by atoms with Crippen LogP contribution in [0.1, 0.15) is 23.4 Å². The molecule has 19 heavy (non-hydrogen) atoms. The second-order valence-electron chi connectivity index (χ2n) is 3.93. The Balaban J connectivity index is 2.47. The van der Waals surface area contributed by atoms with E-state index in [1.807, 2.05) is 24.3 Å². The first-order chi connectivity index (χ1) is 9.02. The molecule has 1 heterocycles. The van der Waals surface area contributed by atoms with Crippen LogP contribution in [0.2, 0.25) is 10.0 Å². The van der Waals surface area contributed by atoms with Crippen LogP contribution >= 0.6 is 66.4 Å². The zero-order chi connectivity index (χ0) is 14.0. The van der Waals surface area contributed by atoms with Gasteiger partial charge in [-0.05, 0) is 52.3 Å². The highest BCUT2D eigenvalue weighted by Crippen LogP contribution is 2.39. The maximum atomic E-state index is 6.32. The molecule has 6 heteroatoms. The van der Waals surface area contributed by atoms with Crippen molar-refractivity contribution in [2.75, 3.05) is 6.54 Å². The Morgan fingerprint density at radius 3 is 2.53 bits per heavy atom. The topological polar surface area (TPSA) is 12.0 Å². The summed E-state index contributed by atoms with van der Waals surface area (Å²) in [6, 6.07) is 7.89. The second-order valence-corrected chi connectivity index (χ2v) is 8.06. The van der Waals surface area contributed by atoms with E-state index < -0.39 is 0 Å². The van der Waals surface area contributed by atoms with Crippen molar-refractivity contribution in [1.29, 1.82) is 0 Å². The van der Waals surface area contributed by atoms with E-state index >= 15 is 0 Å². The highest BCUT2D eigenvalue weighted by Gasteiger charge is 2.19. The second kappa shape index (κ2) is 6.92. The largest absolute Gasteiger partial charge is 0.306 e. The summed E-state index contributed by atoms with van der Waals surface area (Å²) >= 11 is 21.0. The molecule has 2 aromatic rings. The third-order valence-corrected chi connectivity index (χ3v) is 6.00. The molecule has 0 amide bonds. The van der Waals surface area contributed by atoms with Gasteiger partial charge < -0.3 is 5.32 Å². The van der Waals surface area contributed by atoms with Gasteiger partial charge in [0.05, 0.1) is 14.9 Å². The molecule has 1 atom stereocenters. The van der Waals surface area contributed by atoms with Gasteiger partial charge in [0.1, 0.15) is 0 Å². The molecule has 0 aliphatic heterocycles. The summed E-state index contributed by atoms with van der Waals surface area (Å²) in [5, 5.41) is 4.93. The first-order valence-corrected chi connectivity index (χ1v) is 8.81. The van der Waals surface area contributed by atoms with Crippen molar-refractivity contribution >= 4 is 66.4 Å². The van der Waals surface area contributed by atoms with Crippen molar-refractivity contribution in [3.05, 3.63) is 53.0 Å². The van der Waals surface area contributed by atoms with Crippen LogP contribution in [0.4, 0.5) is 0 Å². The Hall–Kier alpha value is 0.420. The highest BCUT2D eigenvalue weighted by molar-refractivity contribution is 9.11. The van der Waals surface area contributed by atoms with E-state index in [1.54, 1.807) is 11.3 Å². The minimum atomic E-state index is 0.0452. The van der Waals surface area contributed by atoms with Crippen molar-refractivity contribution in [3.8, 4) is 0 Å². The summed E-state index contributed by atoms with van der Waals surface area (Å²) in [4.78, 5) is 1.14. The highest BCUT2D eigenvalue weighted by atomic mass is 79.9. The molecule has 1 aromatic carbocycles. The van der Waals surface area contributed by atoms with Gasteiger partial charge in [-0.25, -0.2) is 0 Å². The Morgan fingerprint density at radius 2 is 1.95 bits per heavy atom. The number of rotatable bonds is 4. The average molecular weight is 444 g/mol. The van der Waals surface area contributed by atoms with E-state index in [0.29, 0.717) is 0 Å². The fraction of sp³-hybridized carbons (Fsp3) is 0.231. The predicted octanol–water partition coefficient (Wildman–Crippen LogP) is 6.28. The van der Waals surface area contributed by atoms with Gasteiger partial charge in [-0.2, -0.15) is 0 Å². The lowest BCUT2D eigenvalue weighted by Crippen LogP contribution is -2.21. The first kappa shape index (κ1) is 15.8. The fourth-order valence-corrected chi connectivity index (χ4v) is 4.26. The van der Waals surface area contributed by atoms with E-state index in [1.165, 1.54) is 0 Å². The first-order valence-electron chi connectivity index (χ1n) is 5.66. The zero-order valence-corrected chi connectivity index (χ0v) is 15.5. The average Bonchev–Trinajstić information content (AvgIpc) is 2.70. The molecular weight excluding hydrogens is 433 g/mol. The van der Waals surface area contributed by atoms with Crippen molar-refractivity contribution < 1.29 is 0 Å². The van der Waals surface area contributed by atoms with Gasteiger partial charge in [0.2, 0.25) is 0 Å². The van der Waals surface area contributed by atoms with Crippen LogP contribution in [0, 0.1) is 0 Å². The number of hydrogen-bond acceptors (Lipinski definition) is 2. The molecule has 102 valence electrons. The molecule has 0 radical (unpaired) electrons. The molecule has 0 fully saturated rings. The van der Waals surface area contributed by atoms with E-state index in [4.69, 9.17) is 23.2 Å². The molecule has 0 aliphatic carbocycles. The fourth-order valence-electron chi connectivity index (χ4n) is 1.81. The molecule has 1 unspecified atom stereocenters. The monoisotopic (exact) mass is 441 g/mol. The van der Waals surface area contributed by atoms with E-state index in [0.717, 1.165) is 35.3 Å². The number of benzene rings is 1. The van der Waals surface area contributed by atoms with Crippen LogP contribution in [0.15, 0.2) is 32.5 Å². The quantitative estimate of drug-likeness (QED) is 0.586. The van der Waals surface area contributed by atoms with Gasteiger partial charge in [0.25, 0.3) is 0 Å². The minimum absolute atomic E-state index is 0.0452. The Morgan fingerprint density at radius 1 is 1.21 bits per heavy atom.